The van der Waals surface area contributed by atoms with Crippen LogP contribution in [0.4, 0.5) is 4.79 Å². The van der Waals surface area contributed by atoms with E-state index >= 15 is 0 Å². The molecular formula is C15H27N4O3+. The van der Waals surface area contributed by atoms with E-state index in [9.17, 15) is 14.4 Å². The molecule has 0 spiro atoms. The highest BCUT2D eigenvalue weighted by Gasteiger charge is 2.38. The molecule has 2 N–H and O–H groups in total. The minimum atomic E-state index is -0.985. The van der Waals surface area contributed by atoms with E-state index in [1.54, 1.807) is 0 Å². The molecular weight excluding hydrogens is 284 g/mol. The number of quaternary nitrogens is 1. The summed E-state index contributed by atoms with van der Waals surface area (Å²) in [4.78, 5) is 42.4. The number of nitrogens with zero attached hydrogens (tertiary/aromatic N) is 2. The molecule has 0 radical (unpaired) electrons. The first-order valence-electron chi connectivity index (χ1n) is 7.92. The largest absolute Gasteiger partial charge is 0.338 e. The molecule has 0 aliphatic carbocycles. The van der Waals surface area contributed by atoms with Crippen LogP contribution >= 0.6 is 0 Å². The van der Waals surface area contributed by atoms with Gasteiger partial charge in [0, 0.05) is 12.8 Å². The number of hydrogen-bond donors (Lipinski definition) is 2. The average Bonchev–Trinajstić information content (AvgIpc) is 2.45. The van der Waals surface area contributed by atoms with Crippen molar-refractivity contribution in [3.8, 4) is 0 Å². The predicted molar refractivity (Wildman–Crippen MR) is 83.9 cm³/mol. The third-order valence-corrected chi connectivity index (χ3v) is 3.52. The zero-order valence-electron chi connectivity index (χ0n) is 13.7. The number of nitrogens with one attached hydrogen (secondary N) is 2. The fourth-order valence-electron chi connectivity index (χ4n) is 2.14. The molecule has 0 saturated carbocycles. The molecule has 0 bridgehead atoms. The van der Waals surface area contributed by atoms with Gasteiger partial charge in [-0.1, -0.05) is 26.2 Å². The Balaban J connectivity index is 2.59. The Morgan fingerprint density at radius 1 is 1.23 bits per heavy atom. The van der Waals surface area contributed by atoms with Crippen molar-refractivity contribution in [3.05, 3.63) is 0 Å². The van der Waals surface area contributed by atoms with Crippen molar-refractivity contribution in [1.29, 1.82) is 0 Å². The Hall–Kier alpha value is -1.76. The summed E-state index contributed by atoms with van der Waals surface area (Å²) in [6, 6.07) is -0.617. The van der Waals surface area contributed by atoms with E-state index in [0.29, 0.717) is 13.1 Å². The Labute approximate surface area is 131 Å². The maximum Gasteiger partial charge on any atom is 0.330 e. The van der Waals surface area contributed by atoms with Crippen LogP contribution in [0, 0.1) is 5.92 Å². The summed E-state index contributed by atoms with van der Waals surface area (Å²) < 4.78 is 0. The minimum Gasteiger partial charge on any atom is -0.338 e. The molecule has 0 aromatic heterocycles. The molecule has 1 saturated heterocycles. The Morgan fingerprint density at radius 2 is 1.95 bits per heavy atom. The number of unbranched alkanes of at least 4 members (excludes halogenated alkanes) is 3. The monoisotopic (exact) mass is 311 g/mol. The van der Waals surface area contributed by atoms with E-state index in [4.69, 9.17) is 0 Å². The normalized spacial score (nSPS) is 19.4. The summed E-state index contributed by atoms with van der Waals surface area (Å²) in [5.74, 6) is -2.03. The molecule has 0 unspecified atom stereocenters. The molecule has 1 aliphatic rings. The molecule has 1 fully saturated rings. The average molecular weight is 311 g/mol. The summed E-state index contributed by atoms with van der Waals surface area (Å²) >= 11 is 0. The number of barbiturate groups is 1. The van der Waals surface area contributed by atoms with Gasteiger partial charge in [-0.05, 0) is 6.42 Å². The second kappa shape index (κ2) is 9.30. The van der Waals surface area contributed by atoms with Crippen molar-refractivity contribution in [3.63, 3.8) is 0 Å². The van der Waals surface area contributed by atoms with Gasteiger partial charge in [0.25, 0.3) is 0 Å². The van der Waals surface area contributed by atoms with E-state index in [2.05, 4.69) is 17.2 Å². The fraction of sp³-hybridized carbons (Fsp3) is 0.733. The van der Waals surface area contributed by atoms with Gasteiger partial charge in [0.05, 0.1) is 27.2 Å². The number of urea groups is 1. The number of aliphatic imine (C=N–C) groups is 1. The van der Waals surface area contributed by atoms with Crippen LogP contribution in [0.3, 0.4) is 0 Å². The van der Waals surface area contributed by atoms with Crippen molar-refractivity contribution in [1.82, 2.24) is 10.2 Å². The number of likely N-dealkylation sites (N-methyl/N-ethyl adjacent to an activating group) is 1. The van der Waals surface area contributed by atoms with Gasteiger partial charge < -0.3 is 4.90 Å². The summed E-state index contributed by atoms with van der Waals surface area (Å²) in [6.45, 7) is 3.81. The second-order valence-corrected chi connectivity index (χ2v) is 5.83. The lowest BCUT2D eigenvalue weighted by Crippen LogP contribution is -3.06. The van der Waals surface area contributed by atoms with Crippen LogP contribution in [-0.2, 0) is 9.59 Å². The number of carbonyl (C=O) groups is 3. The van der Waals surface area contributed by atoms with E-state index in [1.807, 2.05) is 14.1 Å². The number of carbonyl (C=O) groups excluding carboxylic acids is 3. The Bertz CT molecular complexity index is 435. The third kappa shape index (κ3) is 5.55. The minimum absolute atomic E-state index is 0.351. The zero-order valence-corrected chi connectivity index (χ0v) is 13.7. The lowest BCUT2D eigenvalue weighted by molar-refractivity contribution is -0.856. The van der Waals surface area contributed by atoms with Crippen LogP contribution in [0.25, 0.3) is 0 Å². The highest BCUT2D eigenvalue weighted by molar-refractivity contribution is 6.23. The number of imide groups is 2. The van der Waals surface area contributed by atoms with Gasteiger partial charge in [0.2, 0.25) is 11.8 Å². The molecule has 0 aromatic rings. The van der Waals surface area contributed by atoms with Gasteiger partial charge in [-0.15, -0.1) is 0 Å². The highest BCUT2D eigenvalue weighted by atomic mass is 16.2. The number of hydrogen-bond acceptors (Lipinski definition) is 4. The molecule has 1 rings (SSSR count). The van der Waals surface area contributed by atoms with Crippen LogP contribution in [0.15, 0.2) is 4.99 Å². The Kier molecular flexibility index (Phi) is 7.73. The Morgan fingerprint density at radius 3 is 2.59 bits per heavy atom. The lowest BCUT2D eigenvalue weighted by Gasteiger charge is -2.28. The van der Waals surface area contributed by atoms with E-state index < -0.39 is 23.8 Å². The highest BCUT2D eigenvalue weighted by Crippen LogP contribution is 2.11. The molecule has 7 heteroatoms. The summed E-state index contributed by atoms with van der Waals surface area (Å²) in [5, 5.41) is 2.23. The van der Waals surface area contributed by atoms with Crippen molar-refractivity contribution in [2.45, 2.75) is 32.6 Å². The standard InChI is InChI=1S/C15H26N4O3/c1-4-5-6-7-9-19-14(21)12(13(20)17-15(19)22)11-16-8-10-18(2)3/h11-12H,4-10H2,1-3H3,(H,17,20,22)/p+1/t12-/m0/s1. The smallest absolute Gasteiger partial charge is 0.330 e. The van der Waals surface area contributed by atoms with Gasteiger partial charge >= 0.3 is 6.03 Å². The molecule has 1 atom stereocenters. The fourth-order valence-corrected chi connectivity index (χ4v) is 2.14. The van der Waals surface area contributed by atoms with Gasteiger partial charge in [-0.2, -0.15) is 0 Å². The quantitative estimate of drug-likeness (QED) is 0.341. The predicted octanol–water partition coefficient (Wildman–Crippen LogP) is -0.523. The van der Waals surface area contributed by atoms with E-state index in [-0.39, 0.29) is 0 Å². The molecule has 4 amide bonds. The van der Waals surface area contributed by atoms with Gasteiger partial charge in [-0.3, -0.25) is 24.8 Å². The van der Waals surface area contributed by atoms with Crippen LogP contribution in [0.2, 0.25) is 0 Å². The maximum absolute atomic E-state index is 12.3. The maximum atomic E-state index is 12.3. The molecule has 0 aromatic carbocycles. The number of amides is 4. The van der Waals surface area contributed by atoms with Gasteiger partial charge in [0.1, 0.15) is 0 Å². The van der Waals surface area contributed by atoms with Crippen LogP contribution < -0.4 is 10.2 Å². The summed E-state index contributed by atoms with van der Waals surface area (Å²) in [6.07, 6.45) is 5.25. The van der Waals surface area contributed by atoms with Crippen molar-refractivity contribution >= 4 is 24.1 Å². The molecule has 7 nitrogen and oxygen atoms in total. The third-order valence-electron chi connectivity index (χ3n) is 3.52. The first-order valence-corrected chi connectivity index (χ1v) is 7.92. The van der Waals surface area contributed by atoms with E-state index in [1.165, 1.54) is 11.1 Å². The van der Waals surface area contributed by atoms with Crippen LogP contribution in [-0.4, -0.2) is 62.7 Å². The SMILES string of the molecule is CCCCCCN1C(=O)NC(=O)[C@H](C=NCC[NH+](C)C)C1=O. The zero-order chi connectivity index (χ0) is 16.5. The molecule has 22 heavy (non-hydrogen) atoms. The van der Waals surface area contributed by atoms with Crippen LogP contribution in [0.1, 0.15) is 32.6 Å². The second-order valence-electron chi connectivity index (χ2n) is 5.83. The van der Waals surface area contributed by atoms with Gasteiger partial charge in [0.15, 0.2) is 5.92 Å². The van der Waals surface area contributed by atoms with Crippen LogP contribution in [0.5, 0.6) is 0 Å². The topological polar surface area (TPSA) is 83.3 Å². The first-order chi connectivity index (χ1) is 10.5. The first kappa shape index (κ1) is 18.3. The summed E-state index contributed by atoms with van der Waals surface area (Å²) in [5.41, 5.74) is 0. The molecule has 124 valence electrons. The molecule has 1 aliphatic heterocycles. The van der Waals surface area contributed by atoms with Crippen molar-refractivity contribution < 1.29 is 19.3 Å². The molecule has 1 heterocycles. The number of rotatable bonds is 9. The summed E-state index contributed by atoms with van der Waals surface area (Å²) in [7, 11) is 4.01. The van der Waals surface area contributed by atoms with Gasteiger partial charge in [-0.25, -0.2) is 4.79 Å². The van der Waals surface area contributed by atoms with E-state index in [0.717, 1.165) is 37.1 Å². The van der Waals surface area contributed by atoms with Crippen molar-refractivity contribution in [2.75, 3.05) is 33.7 Å². The lowest BCUT2D eigenvalue weighted by atomic mass is 10.1. The van der Waals surface area contributed by atoms with Crippen molar-refractivity contribution in [2.24, 2.45) is 10.9 Å².